The monoisotopic (exact) mass is 264 g/mol. The van der Waals surface area contributed by atoms with E-state index >= 15 is 0 Å². The van der Waals surface area contributed by atoms with E-state index < -0.39 is 0 Å². The first-order valence-electron chi connectivity index (χ1n) is 6.45. The van der Waals surface area contributed by atoms with Crippen LogP contribution in [0.5, 0.6) is 5.75 Å². The van der Waals surface area contributed by atoms with E-state index in [1.54, 1.807) is 6.07 Å². The van der Waals surface area contributed by atoms with Crippen LogP contribution in [0, 0.1) is 0 Å². The lowest BCUT2D eigenvalue weighted by Gasteiger charge is -2.07. The third-order valence-electron chi connectivity index (χ3n) is 3.50. The van der Waals surface area contributed by atoms with E-state index in [0.717, 1.165) is 18.7 Å². The molecule has 0 unspecified atom stereocenters. The minimum absolute atomic E-state index is 0.219. The van der Waals surface area contributed by atoms with Crippen LogP contribution in [-0.2, 0) is 0 Å². The minimum Gasteiger partial charge on any atom is -0.506 e. The van der Waals surface area contributed by atoms with Crippen molar-refractivity contribution in [2.24, 2.45) is 0 Å². The van der Waals surface area contributed by atoms with Gasteiger partial charge in [-0.05, 0) is 24.3 Å². The van der Waals surface area contributed by atoms with Crippen molar-refractivity contribution >= 4 is 11.3 Å². The molecule has 0 radical (unpaired) electrons. The maximum Gasteiger partial charge on any atom is 0.271 e. The number of hydrogen-bond acceptors (Lipinski definition) is 5. The van der Waals surface area contributed by atoms with Crippen LogP contribution in [0.4, 0.5) is 0 Å². The predicted octanol–water partition coefficient (Wildman–Crippen LogP) is 3.94. The summed E-state index contributed by atoms with van der Waals surface area (Å²) in [5, 5.41) is 15.6. The molecule has 2 aromatic rings. The lowest BCUT2D eigenvalue weighted by atomic mass is 10.00. The summed E-state index contributed by atoms with van der Waals surface area (Å²) < 4.78 is 5.27. The first kappa shape index (κ1) is 11.7. The largest absolute Gasteiger partial charge is 0.506 e. The van der Waals surface area contributed by atoms with Crippen molar-refractivity contribution in [1.82, 2.24) is 10.1 Å². The summed E-state index contributed by atoms with van der Waals surface area (Å²) in [4.78, 5) is 5.12. The Morgan fingerprint density at radius 3 is 2.67 bits per heavy atom. The van der Waals surface area contributed by atoms with E-state index in [1.807, 2.05) is 5.38 Å². The Morgan fingerprint density at radius 1 is 1.22 bits per heavy atom. The van der Waals surface area contributed by atoms with Crippen molar-refractivity contribution in [2.45, 2.75) is 44.4 Å². The summed E-state index contributed by atoms with van der Waals surface area (Å²) in [7, 11) is 0. The molecule has 3 rings (SSSR count). The second-order valence-electron chi connectivity index (χ2n) is 4.78. The average molecular weight is 264 g/mol. The van der Waals surface area contributed by atoms with Gasteiger partial charge in [-0.1, -0.05) is 30.8 Å². The zero-order valence-electron chi connectivity index (χ0n) is 10.1. The molecule has 5 heteroatoms. The molecule has 0 bridgehead atoms. The van der Waals surface area contributed by atoms with Gasteiger partial charge in [0.2, 0.25) is 0 Å². The van der Waals surface area contributed by atoms with E-state index in [0.29, 0.717) is 16.7 Å². The number of rotatable bonds is 2. The maximum absolute atomic E-state index is 9.65. The number of thiophene rings is 1. The Bertz CT molecular complexity index is 513. The summed E-state index contributed by atoms with van der Waals surface area (Å²) in [6.07, 6.45) is 7.42. The normalized spacial score (nSPS) is 17.8. The fraction of sp³-hybridized carbons (Fsp3) is 0.538. The quantitative estimate of drug-likeness (QED) is 0.834. The van der Waals surface area contributed by atoms with Crippen molar-refractivity contribution < 1.29 is 9.63 Å². The van der Waals surface area contributed by atoms with Gasteiger partial charge in [-0.2, -0.15) is 4.98 Å². The molecule has 0 aliphatic heterocycles. The first-order valence-corrected chi connectivity index (χ1v) is 7.33. The number of aromatic hydroxyl groups is 1. The second-order valence-corrected chi connectivity index (χ2v) is 5.70. The van der Waals surface area contributed by atoms with Crippen molar-refractivity contribution in [3.8, 4) is 16.5 Å². The van der Waals surface area contributed by atoms with Crippen LogP contribution < -0.4 is 0 Å². The van der Waals surface area contributed by atoms with Crippen LogP contribution in [0.2, 0.25) is 0 Å². The Balaban J connectivity index is 1.82. The predicted molar refractivity (Wildman–Crippen MR) is 69.7 cm³/mol. The standard InChI is InChI=1S/C13H16N2O2S/c16-10-7-8-18-11(10)13-14-12(15-17-13)9-5-3-1-2-4-6-9/h7-9,16H,1-6H2. The van der Waals surface area contributed by atoms with Gasteiger partial charge in [0.05, 0.1) is 0 Å². The van der Waals surface area contributed by atoms with Gasteiger partial charge in [-0.15, -0.1) is 11.3 Å². The van der Waals surface area contributed by atoms with Crippen molar-refractivity contribution in [2.75, 3.05) is 0 Å². The molecular weight excluding hydrogens is 248 g/mol. The van der Waals surface area contributed by atoms with E-state index in [2.05, 4.69) is 10.1 Å². The molecule has 1 aliphatic carbocycles. The smallest absolute Gasteiger partial charge is 0.271 e. The molecule has 1 fully saturated rings. The van der Waals surface area contributed by atoms with Crippen LogP contribution in [-0.4, -0.2) is 15.2 Å². The molecule has 0 aromatic carbocycles. The summed E-state index contributed by atoms with van der Waals surface area (Å²) in [6.45, 7) is 0. The number of aromatic nitrogens is 2. The summed E-state index contributed by atoms with van der Waals surface area (Å²) in [6, 6.07) is 1.65. The highest BCUT2D eigenvalue weighted by molar-refractivity contribution is 7.13. The lowest BCUT2D eigenvalue weighted by molar-refractivity contribution is 0.407. The molecule has 1 saturated carbocycles. The van der Waals surface area contributed by atoms with Crippen LogP contribution in [0.1, 0.15) is 50.3 Å². The van der Waals surface area contributed by atoms with Crippen molar-refractivity contribution in [3.63, 3.8) is 0 Å². The zero-order valence-corrected chi connectivity index (χ0v) is 10.9. The SMILES string of the molecule is Oc1ccsc1-c1nc(C2CCCCCC2)no1. The molecule has 1 N–H and O–H groups in total. The summed E-state index contributed by atoms with van der Waals surface area (Å²) in [5.41, 5.74) is 0. The molecule has 2 heterocycles. The molecular formula is C13H16N2O2S. The van der Waals surface area contributed by atoms with Crippen LogP contribution in [0.25, 0.3) is 10.8 Å². The molecule has 2 aromatic heterocycles. The fourth-order valence-electron chi connectivity index (χ4n) is 2.49. The molecule has 4 nitrogen and oxygen atoms in total. The number of nitrogens with zero attached hydrogens (tertiary/aromatic N) is 2. The zero-order chi connectivity index (χ0) is 12.4. The van der Waals surface area contributed by atoms with Gasteiger partial charge in [-0.3, -0.25) is 0 Å². The van der Waals surface area contributed by atoms with Crippen LogP contribution in [0.15, 0.2) is 16.0 Å². The number of hydrogen-bond donors (Lipinski definition) is 1. The first-order chi connectivity index (χ1) is 8.84. The van der Waals surface area contributed by atoms with E-state index in [1.165, 1.54) is 37.0 Å². The van der Waals surface area contributed by atoms with Gasteiger partial charge in [0.15, 0.2) is 5.82 Å². The van der Waals surface area contributed by atoms with E-state index in [4.69, 9.17) is 4.52 Å². The molecule has 0 spiro atoms. The average Bonchev–Trinajstić information content (AvgIpc) is 2.91. The Hall–Kier alpha value is -1.36. The molecule has 0 atom stereocenters. The Kier molecular flexibility index (Phi) is 3.32. The topological polar surface area (TPSA) is 59.2 Å². The Morgan fingerprint density at radius 2 is 2.00 bits per heavy atom. The third-order valence-corrected chi connectivity index (χ3v) is 4.39. The molecule has 96 valence electrons. The summed E-state index contributed by atoms with van der Waals surface area (Å²) in [5.74, 6) is 1.89. The molecule has 1 aliphatic rings. The highest BCUT2D eigenvalue weighted by Crippen LogP contribution is 2.35. The van der Waals surface area contributed by atoms with E-state index in [9.17, 15) is 5.11 Å². The van der Waals surface area contributed by atoms with Crippen LogP contribution in [0.3, 0.4) is 0 Å². The lowest BCUT2D eigenvalue weighted by Crippen LogP contribution is -1.99. The minimum atomic E-state index is 0.219. The second kappa shape index (κ2) is 5.10. The van der Waals surface area contributed by atoms with Gasteiger partial charge >= 0.3 is 0 Å². The summed E-state index contributed by atoms with van der Waals surface area (Å²) >= 11 is 1.42. The van der Waals surface area contributed by atoms with Crippen molar-refractivity contribution in [3.05, 3.63) is 17.3 Å². The maximum atomic E-state index is 9.65. The van der Waals surface area contributed by atoms with Gasteiger partial charge in [0, 0.05) is 5.92 Å². The van der Waals surface area contributed by atoms with Gasteiger partial charge in [0.25, 0.3) is 5.89 Å². The highest BCUT2D eigenvalue weighted by Gasteiger charge is 2.21. The fourth-order valence-corrected chi connectivity index (χ4v) is 3.20. The van der Waals surface area contributed by atoms with Crippen molar-refractivity contribution in [1.29, 1.82) is 0 Å². The van der Waals surface area contributed by atoms with Crippen LogP contribution >= 0.6 is 11.3 Å². The third kappa shape index (κ3) is 2.27. The molecule has 0 amide bonds. The van der Waals surface area contributed by atoms with E-state index in [-0.39, 0.29) is 5.75 Å². The molecule has 18 heavy (non-hydrogen) atoms. The van der Waals surface area contributed by atoms with Gasteiger partial charge in [-0.25, -0.2) is 0 Å². The van der Waals surface area contributed by atoms with Gasteiger partial charge < -0.3 is 9.63 Å². The van der Waals surface area contributed by atoms with Gasteiger partial charge in [0.1, 0.15) is 10.6 Å². The highest BCUT2D eigenvalue weighted by atomic mass is 32.1. The molecule has 0 saturated heterocycles. The Labute approximate surface area is 110 Å².